The molecule has 0 aromatic carbocycles. The average molecular weight is 222 g/mol. The first-order valence-electron chi connectivity index (χ1n) is 5.81. The van der Waals surface area contributed by atoms with Crippen LogP contribution in [0.4, 0.5) is 0 Å². The summed E-state index contributed by atoms with van der Waals surface area (Å²) in [4.78, 5) is 11.7. The zero-order valence-corrected chi connectivity index (χ0v) is 9.53. The van der Waals surface area contributed by atoms with E-state index in [-0.39, 0.29) is 5.91 Å². The van der Waals surface area contributed by atoms with Crippen LogP contribution >= 0.6 is 0 Å². The SMILES string of the molecule is CCc1ccc(C(=O)NCC2CC(N)C2)o1. The highest BCUT2D eigenvalue weighted by Gasteiger charge is 2.26. The maximum Gasteiger partial charge on any atom is 0.287 e. The fraction of sp³-hybridized carbons (Fsp3) is 0.583. The molecule has 0 bridgehead atoms. The van der Waals surface area contributed by atoms with Gasteiger partial charge in [-0.2, -0.15) is 0 Å². The number of hydrogen-bond donors (Lipinski definition) is 2. The summed E-state index contributed by atoms with van der Waals surface area (Å²) in [6.45, 7) is 2.70. The Balaban J connectivity index is 1.79. The van der Waals surface area contributed by atoms with Gasteiger partial charge in [0.05, 0.1) is 0 Å². The highest BCUT2D eigenvalue weighted by atomic mass is 16.3. The summed E-state index contributed by atoms with van der Waals surface area (Å²) in [5.74, 6) is 1.66. The molecule has 88 valence electrons. The van der Waals surface area contributed by atoms with Gasteiger partial charge >= 0.3 is 0 Å². The van der Waals surface area contributed by atoms with Crippen LogP contribution in [-0.2, 0) is 6.42 Å². The zero-order valence-electron chi connectivity index (χ0n) is 9.53. The standard InChI is InChI=1S/C12H18N2O2/c1-2-10-3-4-11(16-10)12(15)14-7-8-5-9(13)6-8/h3-4,8-9H,2,5-7,13H2,1H3,(H,14,15). The normalized spacial score (nSPS) is 23.9. The molecule has 4 nitrogen and oxygen atoms in total. The van der Waals surface area contributed by atoms with Gasteiger partial charge in [-0.3, -0.25) is 4.79 Å². The molecule has 1 aliphatic rings. The molecule has 1 aromatic rings. The number of rotatable bonds is 4. The molecule has 1 aromatic heterocycles. The minimum absolute atomic E-state index is 0.125. The molecule has 0 radical (unpaired) electrons. The second-order valence-corrected chi connectivity index (χ2v) is 4.43. The average Bonchev–Trinajstić information content (AvgIpc) is 2.70. The Morgan fingerprint density at radius 1 is 1.56 bits per heavy atom. The van der Waals surface area contributed by atoms with Gasteiger partial charge in [-0.15, -0.1) is 0 Å². The summed E-state index contributed by atoms with van der Waals surface area (Å²) in [6, 6.07) is 3.90. The van der Waals surface area contributed by atoms with Gasteiger partial charge in [0.15, 0.2) is 5.76 Å². The summed E-state index contributed by atoms with van der Waals surface area (Å²) in [6.07, 6.45) is 2.84. The van der Waals surface area contributed by atoms with E-state index in [1.165, 1.54) is 0 Å². The molecule has 1 fully saturated rings. The number of amides is 1. The fourth-order valence-electron chi connectivity index (χ4n) is 1.97. The molecular weight excluding hydrogens is 204 g/mol. The van der Waals surface area contributed by atoms with Crippen LogP contribution in [0, 0.1) is 5.92 Å². The van der Waals surface area contributed by atoms with E-state index < -0.39 is 0 Å². The van der Waals surface area contributed by atoms with E-state index in [2.05, 4.69) is 5.32 Å². The van der Waals surface area contributed by atoms with Crippen LogP contribution in [0.1, 0.15) is 36.1 Å². The van der Waals surface area contributed by atoms with Gasteiger partial charge in [-0.05, 0) is 30.9 Å². The molecular formula is C12H18N2O2. The first-order chi connectivity index (χ1) is 7.69. The maximum atomic E-state index is 11.7. The molecule has 0 atom stereocenters. The number of carbonyl (C=O) groups excluding carboxylic acids is 1. The molecule has 0 aliphatic heterocycles. The second kappa shape index (κ2) is 4.70. The predicted octanol–water partition coefficient (Wildman–Crippen LogP) is 1.31. The number of hydrogen-bond acceptors (Lipinski definition) is 3. The number of furan rings is 1. The number of nitrogens with one attached hydrogen (secondary N) is 1. The van der Waals surface area contributed by atoms with E-state index in [0.29, 0.717) is 24.3 Å². The maximum absolute atomic E-state index is 11.7. The van der Waals surface area contributed by atoms with E-state index in [1.807, 2.05) is 13.0 Å². The third kappa shape index (κ3) is 2.44. The van der Waals surface area contributed by atoms with Crippen molar-refractivity contribution in [2.45, 2.75) is 32.2 Å². The van der Waals surface area contributed by atoms with Crippen molar-refractivity contribution in [2.24, 2.45) is 11.7 Å². The summed E-state index contributed by atoms with van der Waals surface area (Å²) in [5, 5.41) is 2.87. The van der Waals surface area contributed by atoms with Gasteiger partial charge in [0.1, 0.15) is 5.76 Å². The molecule has 2 rings (SSSR count). The summed E-state index contributed by atoms with van der Waals surface area (Å²) in [5.41, 5.74) is 5.68. The van der Waals surface area contributed by atoms with Crippen molar-refractivity contribution in [1.29, 1.82) is 0 Å². The highest BCUT2D eigenvalue weighted by Crippen LogP contribution is 2.24. The molecule has 0 saturated heterocycles. The molecule has 1 amide bonds. The van der Waals surface area contributed by atoms with E-state index in [0.717, 1.165) is 25.0 Å². The molecule has 1 saturated carbocycles. The van der Waals surface area contributed by atoms with Gasteiger partial charge in [0.2, 0.25) is 0 Å². The van der Waals surface area contributed by atoms with Crippen LogP contribution in [0.25, 0.3) is 0 Å². The van der Waals surface area contributed by atoms with Crippen LogP contribution < -0.4 is 11.1 Å². The minimum Gasteiger partial charge on any atom is -0.456 e. The highest BCUT2D eigenvalue weighted by molar-refractivity contribution is 5.91. The van der Waals surface area contributed by atoms with E-state index in [1.54, 1.807) is 6.07 Å². The predicted molar refractivity (Wildman–Crippen MR) is 61.1 cm³/mol. The smallest absolute Gasteiger partial charge is 0.287 e. The van der Waals surface area contributed by atoms with Crippen molar-refractivity contribution < 1.29 is 9.21 Å². The van der Waals surface area contributed by atoms with Crippen molar-refractivity contribution >= 4 is 5.91 Å². The first kappa shape index (κ1) is 11.2. The Morgan fingerprint density at radius 3 is 2.88 bits per heavy atom. The summed E-state index contributed by atoms with van der Waals surface area (Å²) in [7, 11) is 0. The van der Waals surface area contributed by atoms with E-state index >= 15 is 0 Å². The Labute approximate surface area is 95.2 Å². The molecule has 1 aliphatic carbocycles. The Kier molecular flexibility index (Phi) is 3.29. The Morgan fingerprint density at radius 2 is 2.31 bits per heavy atom. The molecule has 0 spiro atoms. The van der Waals surface area contributed by atoms with Crippen molar-refractivity contribution in [3.8, 4) is 0 Å². The Hall–Kier alpha value is -1.29. The van der Waals surface area contributed by atoms with Gasteiger partial charge < -0.3 is 15.5 Å². The first-order valence-corrected chi connectivity index (χ1v) is 5.81. The number of nitrogens with two attached hydrogens (primary N) is 1. The second-order valence-electron chi connectivity index (χ2n) is 4.43. The molecule has 16 heavy (non-hydrogen) atoms. The topological polar surface area (TPSA) is 68.3 Å². The molecule has 3 N–H and O–H groups in total. The van der Waals surface area contributed by atoms with Crippen molar-refractivity contribution in [3.05, 3.63) is 23.7 Å². The fourth-order valence-corrected chi connectivity index (χ4v) is 1.97. The largest absolute Gasteiger partial charge is 0.456 e. The van der Waals surface area contributed by atoms with Crippen LogP contribution in [0.3, 0.4) is 0 Å². The van der Waals surface area contributed by atoms with Crippen LogP contribution in [0.5, 0.6) is 0 Å². The van der Waals surface area contributed by atoms with Crippen molar-refractivity contribution in [3.63, 3.8) is 0 Å². The lowest BCUT2D eigenvalue weighted by atomic mass is 9.81. The van der Waals surface area contributed by atoms with Crippen LogP contribution in [-0.4, -0.2) is 18.5 Å². The molecule has 4 heteroatoms. The molecule has 1 heterocycles. The van der Waals surface area contributed by atoms with Gasteiger partial charge in [-0.25, -0.2) is 0 Å². The monoisotopic (exact) mass is 222 g/mol. The van der Waals surface area contributed by atoms with Gasteiger partial charge in [-0.1, -0.05) is 6.92 Å². The number of carbonyl (C=O) groups is 1. The van der Waals surface area contributed by atoms with E-state index in [4.69, 9.17) is 10.2 Å². The lowest BCUT2D eigenvalue weighted by molar-refractivity contribution is 0.0906. The molecule has 0 unspecified atom stereocenters. The third-order valence-corrected chi connectivity index (χ3v) is 3.06. The summed E-state index contributed by atoms with van der Waals surface area (Å²) >= 11 is 0. The lowest BCUT2D eigenvalue weighted by Gasteiger charge is -2.32. The lowest BCUT2D eigenvalue weighted by Crippen LogP contribution is -2.42. The van der Waals surface area contributed by atoms with E-state index in [9.17, 15) is 4.79 Å². The van der Waals surface area contributed by atoms with Crippen molar-refractivity contribution in [1.82, 2.24) is 5.32 Å². The third-order valence-electron chi connectivity index (χ3n) is 3.06. The van der Waals surface area contributed by atoms with Crippen molar-refractivity contribution in [2.75, 3.05) is 6.54 Å². The van der Waals surface area contributed by atoms with Gasteiger partial charge in [0, 0.05) is 19.0 Å². The van der Waals surface area contributed by atoms with Gasteiger partial charge in [0.25, 0.3) is 5.91 Å². The zero-order chi connectivity index (χ0) is 11.5. The number of aryl methyl sites for hydroxylation is 1. The minimum atomic E-state index is -0.125. The summed E-state index contributed by atoms with van der Waals surface area (Å²) < 4.78 is 5.36. The Bertz CT molecular complexity index is 367. The van der Waals surface area contributed by atoms with Crippen LogP contribution in [0.2, 0.25) is 0 Å². The quantitative estimate of drug-likeness (QED) is 0.807. The van der Waals surface area contributed by atoms with Crippen LogP contribution in [0.15, 0.2) is 16.5 Å².